The van der Waals surface area contributed by atoms with Crippen molar-refractivity contribution in [1.29, 1.82) is 0 Å². The van der Waals surface area contributed by atoms with Crippen LogP contribution in [-0.2, 0) is 13.0 Å². The molecule has 2 unspecified atom stereocenters. The fourth-order valence-corrected chi connectivity index (χ4v) is 4.49. The van der Waals surface area contributed by atoms with Crippen molar-refractivity contribution in [2.45, 2.75) is 50.4 Å². The Bertz CT molecular complexity index is 518. The molecule has 0 spiro atoms. The van der Waals surface area contributed by atoms with E-state index >= 15 is 0 Å². The van der Waals surface area contributed by atoms with Gasteiger partial charge in [-0.3, -0.25) is 4.79 Å². The number of fused-ring (bicyclic) bond motifs is 1. The summed E-state index contributed by atoms with van der Waals surface area (Å²) < 4.78 is 0. The van der Waals surface area contributed by atoms with Gasteiger partial charge in [-0.2, -0.15) is 11.8 Å². The van der Waals surface area contributed by atoms with Crippen LogP contribution in [0.25, 0.3) is 0 Å². The first-order chi connectivity index (χ1) is 10.3. The third-order valence-electron chi connectivity index (χ3n) is 4.48. The molecule has 1 amide bonds. The van der Waals surface area contributed by atoms with Crippen molar-refractivity contribution in [2.24, 2.45) is 0 Å². The van der Waals surface area contributed by atoms with E-state index in [1.807, 2.05) is 17.8 Å². The van der Waals surface area contributed by atoms with Crippen molar-refractivity contribution < 1.29 is 4.79 Å². The normalized spacial score (nSPS) is 24.6. The van der Waals surface area contributed by atoms with Gasteiger partial charge in [0.1, 0.15) is 0 Å². The molecule has 1 aliphatic carbocycles. The highest BCUT2D eigenvalue weighted by molar-refractivity contribution is 7.99. The average molecular weight is 304 g/mol. The first kappa shape index (κ1) is 14.9. The van der Waals surface area contributed by atoms with Crippen LogP contribution in [0.3, 0.4) is 0 Å². The topological polar surface area (TPSA) is 41.1 Å². The van der Waals surface area contributed by atoms with Crippen molar-refractivity contribution >= 4 is 17.7 Å². The Hall–Kier alpha value is -1.00. The Labute approximate surface area is 131 Å². The van der Waals surface area contributed by atoms with Crippen LogP contribution in [0.4, 0.5) is 0 Å². The molecule has 0 saturated heterocycles. The summed E-state index contributed by atoms with van der Waals surface area (Å²) in [4.78, 5) is 12.4. The van der Waals surface area contributed by atoms with Crippen LogP contribution in [-0.4, -0.2) is 29.5 Å². The number of hydrogen-bond acceptors (Lipinski definition) is 3. The molecule has 1 aromatic rings. The fraction of sp³-hybridized carbons (Fsp3) is 0.588. The second kappa shape index (κ2) is 6.84. The molecular weight excluding hydrogens is 280 g/mol. The van der Waals surface area contributed by atoms with Crippen molar-refractivity contribution in [3.05, 3.63) is 34.9 Å². The van der Waals surface area contributed by atoms with Crippen molar-refractivity contribution in [2.75, 3.05) is 12.3 Å². The quantitative estimate of drug-likeness (QED) is 0.898. The summed E-state index contributed by atoms with van der Waals surface area (Å²) >= 11 is 2.02. The molecular formula is C17H24N2OS. The molecule has 2 N–H and O–H groups in total. The van der Waals surface area contributed by atoms with Crippen LogP contribution < -0.4 is 10.6 Å². The molecule has 3 nitrogen and oxygen atoms in total. The zero-order chi connectivity index (χ0) is 14.7. The minimum absolute atomic E-state index is 0.0931. The van der Waals surface area contributed by atoms with E-state index in [2.05, 4.69) is 29.7 Å². The molecule has 1 aliphatic heterocycles. The Balaban J connectivity index is 1.61. The first-order valence-corrected chi connectivity index (χ1v) is 9.06. The maximum absolute atomic E-state index is 12.4. The first-order valence-electron chi connectivity index (χ1n) is 8.01. The molecule has 114 valence electrons. The lowest BCUT2D eigenvalue weighted by Crippen LogP contribution is -2.33. The lowest BCUT2D eigenvalue weighted by Gasteiger charge is -2.18. The number of hydrogen-bond donors (Lipinski definition) is 2. The molecule has 1 heterocycles. The molecule has 0 aromatic heterocycles. The van der Waals surface area contributed by atoms with Gasteiger partial charge in [0, 0.05) is 23.4 Å². The minimum Gasteiger partial charge on any atom is -0.349 e. The van der Waals surface area contributed by atoms with Crippen molar-refractivity contribution in [1.82, 2.24) is 10.6 Å². The van der Waals surface area contributed by atoms with E-state index in [0.29, 0.717) is 6.04 Å². The number of benzene rings is 1. The van der Waals surface area contributed by atoms with Crippen LogP contribution in [0.15, 0.2) is 18.2 Å². The molecule has 2 atom stereocenters. The fourth-order valence-electron chi connectivity index (χ4n) is 3.35. The summed E-state index contributed by atoms with van der Waals surface area (Å²) in [7, 11) is 0. The number of amides is 1. The molecule has 1 fully saturated rings. The smallest absolute Gasteiger partial charge is 0.251 e. The number of rotatable bonds is 4. The predicted octanol–water partition coefficient (Wildman–Crippen LogP) is 2.74. The van der Waals surface area contributed by atoms with Gasteiger partial charge >= 0.3 is 0 Å². The summed E-state index contributed by atoms with van der Waals surface area (Å²) in [5.41, 5.74) is 3.47. The van der Waals surface area contributed by atoms with Crippen LogP contribution in [0, 0.1) is 0 Å². The second-order valence-corrected chi connectivity index (χ2v) is 7.55. The highest BCUT2D eigenvalue weighted by atomic mass is 32.2. The Kier molecular flexibility index (Phi) is 4.86. The third kappa shape index (κ3) is 3.61. The van der Waals surface area contributed by atoms with E-state index < -0.39 is 0 Å². The average Bonchev–Trinajstić information content (AvgIpc) is 2.94. The molecule has 1 saturated carbocycles. The van der Waals surface area contributed by atoms with Crippen LogP contribution >= 0.6 is 11.8 Å². The molecule has 4 heteroatoms. The molecule has 0 radical (unpaired) electrons. The maximum Gasteiger partial charge on any atom is 0.251 e. The van der Waals surface area contributed by atoms with E-state index in [1.165, 1.54) is 23.3 Å². The summed E-state index contributed by atoms with van der Waals surface area (Å²) in [5.74, 6) is 1.26. The highest BCUT2D eigenvalue weighted by Gasteiger charge is 2.26. The van der Waals surface area contributed by atoms with Crippen LogP contribution in [0.1, 0.15) is 47.7 Å². The van der Waals surface area contributed by atoms with Gasteiger partial charge in [-0.25, -0.2) is 0 Å². The zero-order valence-electron chi connectivity index (χ0n) is 12.7. The summed E-state index contributed by atoms with van der Waals surface area (Å²) in [6.45, 7) is 4.13. The van der Waals surface area contributed by atoms with Gasteiger partial charge in [-0.15, -0.1) is 0 Å². The van der Waals surface area contributed by atoms with Crippen molar-refractivity contribution in [3.8, 4) is 0 Å². The molecule has 2 aliphatic rings. The summed E-state index contributed by atoms with van der Waals surface area (Å²) in [5, 5.41) is 7.31. The molecule has 0 bridgehead atoms. The number of nitrogens with one attached hydrogen (secondary N) is 2. The van der Waals surface area contributed by atoms with E-state index in [0.717, 1.165) is 43.2 Å². The third-order valence-corrected chi connectivity index (χ3v) is 5.71. The molecule has 1 aromatic carbocycles. The largest absolute Gasteiger partial charge is 0.349 e. The van der Waals surface area contributed by atoms with Crippen LogP contribution in [0.5, 0.6) is 0 Å². The molecule has 21 heavy (non-hydrogen) atoms. The number of carbonyl (C=O) groups excluding carboxylic acids is 1. The van der Waals surface area contributed by atoms with Gasteiger partial charge in [0.15, 0.2) is 0 Å². The number of carbonyl (C=O) groups is 1. The Morgan fingerprint density at radius 3 is 3.14 bits per heavy atom. The predicted molar refractivity (Wildman–Crippen MR) is 88.9 cm³/mol. The van der Waals surface area contributed by atoms with Gasteiger partial charge in [0.2, 0.25) is 0 Å². The highest BCUT2D eigenvalue weighted by Crippen LogP contribution is 2.29. The van der Waals surface area contributed by atoms with Gasteiger partial charge in [-0.05, 0) is 61.2 Å². The van der Waals surface area contributed by atoms with E-state index in [-0.39, 0.29) is 5.91 Å². The Morgan fingerprint density at radius 1 is 1.38 bits per heavy atom. The molecule has 3 rings (SSSR count). The van der Waals surface area contributed by atoms with Gasteiger partial charge < -0.3 is 10.6 Å². The lowest BCUT2D eigenvalue weighted by atomic mass is 9.98. The van der Waals surface area contributed by atoms with Gasteiger partial charge in [0.05, 0.1) is 0 Å². The van der Waals surface area contributed by atoms with E-state index in [1.54, 1.807) is 0 Å². The van der Waals surface area contributed by atoms with E-state index in [9.17, 15) is 4.79 Å². The minimum atomic E-state index is 0.0931. The van der Waals surface area contributed by atoms with E-state index in [4.69, 9.17) is 0 Å². The van der Waals surface area contributed by atoms with Crippen molar-refractivity contribution in [3.63, 3.8) is 0 Å². The SMILES string of the molecule is CCSC1CCC(NC(=O)c2ccc3c(c2)CNCC3)C1. The van der Waals surface area contributed by atoms with Gasteiger partial charge in [-0.1, -0.05) is 13.0 Å². The zero-order valence-corrected chi connectivity index (χ0v) is 13.5. The monoisotopic (exact) mass is 304 g/mol. The van der Waals surface area contributed by atoms with Crippen LogP contribution in [0.2, 0.25) is 0 Å². The summed E-state index contributed by atoms with van der Waals surface area (Å²) in [6.07, 6.45) is 4.54. The maximum atomic E-state index is 12.4. The summed E-state index contributed by atoms with van der Waals surface area (Å²) in [6, 6.07) is 6.52. The second-order valence-electron chi connectivity index (χ2n) is 5.97. The van der Waals surface area contributed by atoms with Gasteiger partial charge in [0.25, 0.3) is 5.91 Å². The number of thioether (sulfide) groups is 1. The standard InChI is InChI=1S/C17H24N2OS/c1-2-21-16-6-5-15(10-16)19-17(20)13-4-3-12-7-8-18-11-14(12)9-13/h3-4,9,15-16,18H,2,5-8,10-11H2,1H3,(H,19,20). The Morgan fingerprint density at radius 2 is 2.29 bits per heavy atom. The lowest BCUT2D eigenvalue weighted by molar-refractivity contribution is 0.0938.